The summed E-state index contributed by atoms with van der Waals surface area (Å²) in [6, 6.07) is 15.2. The Morgan fingerprint density at radius 3 is 2.46 bits per heavy atom. The number of nitrogens with zero attached hydrogens (tertiary/aromatic N) is 6. The molecule has 2 aromatic heterocycles. The van der Waals surface area contributed by atoms with Crippen LogP contribution in [-0.4, -0.2) is 70.6 Å². The van der Waals surface area contributed by atoms with Crippen LogP contribution in [0.2, 0.25) is 0 Å². The Morgan fingerprint density at radius 1 is 1.00 bits per heavy atom. The second-order valence-corrected chi connectivity index (χ2v) is 10.6. The lowest BCUT2D eigenvalue weighted by Crippen LogP contribution is -2.48. The number of hydrogen-bond acceptors (Lipinski definition) is 8. The third-order valence-corrected chi connectivity index (χ3v) is 7.37. The quantitative estimate of drug-likeness (QED) is 0.358. The molecule has 0 aliphatic carbocycles. The van der Waals surface area contributed by atoms with E-state index in [9.17, 15) is 13.2 Å². The zero-order valence-electron chi connectivity index (χ0n) is 20.2. The van der Waals surface area contributed by atoms with Crippen LogP contribution in [0.15, 0.2) is 73.7 Å². The minimum Gasteiger partial charge on any atom is -0.369 e. The first-order chi connectivity index (χ1) is 17.8. The van der Waals surface area contributed by atoms with Gasteiger partial charge in [0.05, 0.1) is 18.1 Å². The summed E-state index contributed by atoms with van der Waals surface area (Å²) in [7, 11) is -3.16. The Kier molecular flexibility index (Phi) is 6.59. The van der Waals surface area contributed by atoms with Crippen LogP contribution >= 0.6 is 0 Å². The first-order valence-corrected chi connectivity index (χ1v) is 13.5. The molecule has 2 aromatic carbocycles. The molecular weight excluding hydrogens is 492 g/mol. The molecule has 37 heavy (non-hydrogen) atoms. The Morgan fingerprint density at radius 2 is 1.76 bits per heavy atom. The van der Waals surface area contributed by atoms with Crippen molar-refractivity contribution in [1.29, 1.82) is 0 Å². The summed E-state index contributed by atoms with van der Waals surface area (Å²) in [4.78, 5) is 27.3. The Labute approximate surface area is 214 Å². The van der Waals surface area contributed by atoms with Gasteiger partial charge in [0.1, 0.15) is 11.8 Å². The fourth-order valence-electron chi connectivity index (χ4n) is 4.15. The van der Waals surface area contributed by atoms with Gasteiger partial charge in [0.15, 0.2) is 5.65 Å². The van der Waals surface area contributed by atoms with Crippen LogP contribution in [0.5, 0.6) is 0 Å². The third kappa shape index (κ3) is 5.44. The summed E-state index contributed by atoms with van der Waals surface area (Å²) in [5.41, 5.74) is 4.51. The Hall–Kier alpha value is -4.29. The van der Waals surface area contributed by atoms with Crippen LogP contribution in [0.1, 0.15) is 0 Å². The first-order valence-electron chi connectivity index (χ1n) is 11.6. The molecular formula is C25H26N8O3S. The number of fused-ring (bicyclic) bond motifs is 1. The maximum atomic E-state index is 11.7. The molecule has 1 amide bonds. The van der Waals surface area contributed by atoms with Crippen LogP contribution in [0.3, 0.4) is 0 Å². The number of rotatable bonds is 7. The summed E-state index contributed by atoms with van der Waals surface area (Å²) in [6.07, 6.45) is 5.78. The fraction of sp³-hybridized carbons (Fsp3) is 0.200. The van der Waals surface area contributed by atoms with E-state index in [0.717, 1.165) is 17.1 Å². The number of benzene rings is 2. The van der Waals surface area contributed by atoms with E-state index in [1.54, 1.807) is 18.6 Å². The number of nitrogens with one attached hydrogen (secondary N) is 2. The van der Waals surface area contributed by atoms with Crippen LogP contribution in [-0.2, 0) is 14.8 Å². The van der Waals surface area contributed by atoms with Gasteiger partial charge in [-0.15, -0.1) is 0 Å². The molecule has 0 spiro atoms. The highest BCUT2D eigenvalue weighted by atomic mass is 32.2. The maximum absolute atomic E-state index is 11.7. The monoisotopic (exact) mass is 518 g/mol. The van der Waals surface area contributed by atoms with Crippen LogP contribution in [0, 0.1) is 0 Å². The normalized spacial score (nSPS) is 14.5. The molecule has 0 saturated carbocycles. The largest absolute Gasteiger partial charge is 0.369 e. The predicted molar refractivity (Wildman–Crippen MR) is 144 cm³/mol. The van der Waals surface area contributed by atoms with Gasteiger partial charge in [-0.25, -0.2) is 18.4 Å². The lowest BCUT2D eigenvalue weighted by molar-refractivity contribution is -0.111. The molecule has 3 heterocycles. The molecule has 0 radical (unpaired) electrons. The highest BCUT2D eigenvalue weighted by Gasteiger charge is 2.23. The highest BCUT2D eigenvalue weighted by molar-refractivity contribution is 7.88. The summed E-state index contributed by atoms with van der Waals surface area (Å²) in [5, 5.41) is 5.98. The summed E-state index contributed by atoms with van der Waals surface area (Å²) in [5.74, 6) is 0.128. The van der Waals surface area contributed by atoms with Crippen LogP contribution < -0.4 is 15.5 Å². The first kappa shape index (κ1) is 24.4. The van der Waals surface area contributed by atoms with Gasteiger partial charge in [-0.2, -0.15) is 9.29 Å². The van der Waals surface area contributed by atoms with Crippen molar-refractivity contribution in [3.05, 3.63) is 73.7 Å². The molecule has 0 atom stereocenters. The highest BCUT2D eigenvalue weighted by Crippen LogP contribution is 2.24. The smallest absolute Gasteiger partial charge is 0.247 e. The van der Waals surface area contributed by atoms with Gasteiger partial charge in [0.25, 0.3) is 0 Å². The lowest BCUT2D eigenvalue weighted by Gasteiger charge is -2.34. The molecule has 11 nitrogen and oxygen atoms in total. The van der Waals surface area contributed by atoms with E-state index in [-0.39, 0.29) is 5.91 Å². The molecule has 1 saturated heterocycles. The van der Waals surface area contributed by atoms with Crippen molar-refractivity contribution < 1.29 is 13.2 Å². The van der Waals surface area contributed by atoms with Crippen LogP contribution in [0.25, 0.3) is 16.9 Å². The van der Waals surface area contributed by atoms with Crippen molar-refractivity contribution in [3.63, 3.8) is 0 Å². The minimum absolute atomic E-state index is 0.288. The summed E-state index contributed by atoms with van der Waals surface area (Å²) < 4.78 is 26.8. The molecule has 1 aliphatic rings. The Balaban J connectivity index is 1.31. The van der Waals surface area contributed by atoms with Gasteiger partial charge in [-0.3, -0.25) is 9.36 Å². The van der Waals surface area contributed by atoms with E-state index in [1.807, 2.05) is 47.0 Å². The molecule has 4 aromatic rings. The van der Waals surface area contributed by atoms with Crippen LogP contribution in [0.4, 0.5) is 23.0 Å². The van der Waals surface area contributed by atoms with Gasteiger partial charge in [0.2, 0.25) is 21.9 Å². The van der Waals surface area contributed by atoms with Gasteiger partial charge in [-0.05, 0) is 48.5 Å². The summed E-state index contributed by atoms with van der Waals surface area (Å²) >= 11 is 0. The second kappa shape index (κ2) is 9.99. The second-order valence-electron chi connectivity index (χ2n) is 8.58. The predicted octanol–water partition coefficient (Wildman–Crippen LogP) is 2.77. The SMILES string of the molecule is C=CC(=O)Nc1cccc(-n2cnc3cnc(Nc4ccc(N5CCN(S(C)(=O)=O)CC5)cc4)nc32)c1. The maximum Gasteiger partial charge on any atom is 0.247 e. The molecule has 0 unspecified atom stereocenters. The molecule has 0 bridgehead atoms. The number of imidazole rings is 1. The minimum atomic E-state index is -3.16. The number of sulfonamides is 1. The van der Waals surface area contributed by atoms with E-state index < -0.39 is 10.0 Å². The molecule has 190 valence electrons. The van der Waals surface area contributed by atoms with Crippen molar-refractivity contribution in [3.8, 4) is 5.69 Å². The topological polar surface area (TPSA) is 125 Å². The number of aromatic nitrogens is 4. The fourth-order valence-corrected chi connectivity index (χ4v) is 4.97. The molecule has 2 N–H and O–H groups in total. The zero-order valence-corrected chi connectivity index (χ0v) is 21.0. The van der Waals surface area contributed by atoms with E-state index in [4.69, 9.17) is 0 Å². The number of hydrogen-bond donors (Lipinski definition) is 2. The number of piperazine rings is 1. The molecule has 1 aliphatic heterocycles. The summed E-state index contributed by atoms with van der Waals surface area (Å²) in [6.45, 7) is 5.71. The third-order valence-electron chi connectivity index (χ3n) is 6.06. The zero-order chi connectivity index (χ0) is 26.0. The Bertz CT molecular complexity index is 1560. The van der Waals surface area contributed by atoms with E-state index >= 15 is 0 Å². The van der Waals surface area contributed by atoms with Crippen molar-refractivity contribution in [2.75, 3.05) is 48.0 Å². The molecule has 12 heteroatoms. The lowest BCUT2D eigenvalue weighted by atomic mass is 10.2. The van der Waals surface area contributed by atoms with Crippen molar-refractivity contribution >= 4 is 50.1 Å². The van der Waals surface area contributed by atoms with E-state index in [0.29, 0.717) is 49.0 Å². The van der Waals surface area contributed by atoms with Gasteiger partial charge >= 0.3 is 0 Å². The standard InChI is InChI=1S/C25H26N8O3S/c1-3-23(34)28-19-5-4-6-21(15-19)33-17-27-22-16-26-25(30-24(22)33)29-18-7-9-20(10-8-18)31-11-13-32(14-12-31)37(2,35)36/h3-10,15-17H,1,11-14H2,2H3,(H,28,34)(H,26,29,30). The number of amides is 1. The van der Waals surface area contributed by atoms with Gasteiger partial charge in [0, 0.05) is 43.2 Å². The average molecular weight is 519 g/mol. The van der Waals surface area contributed by atoms with E-state index in [2.05, 4.69) is 37.1 Å². The van der Waals surface area contributed by atoms with E-state index in [1.165, 1.54) is 16.6 Å². The number of carbonyl (C=O) groups is 1. The number of carbonyl (C=O) groups excluding carboxylic acids is 1. The average Bonchev–Trinajstić information content (AvgIpc) is 3.32. The molecule has 1 fully saturated rings. The van der Waals surface area contributed by atoms with Crippen molar-refractivity contribution in [1.82, 2.24) is 23.8 Å². The van der Waals surface area contributed by atoms with Crippen molar-refractivity contribution in [2.45, 2.75) is 0 Å². The van der Waals surface area contributed by atoms with Crippen molar-refractivity contribution in [2.24, 2.45) is 0 Å². The number of anilines is 4. The van der Waals surface area contributed by atoms with Gasteiger partial charge < -0.3 is 15.5 Å². The van der Waals surface area contributed by atoms with Gasteiger partial charge in [-0.1, -0.05) is 12.6 Å². The molecule has 5 rings (SSSR count).